The van der Waals surface area contributed by atoms with Crippen LogP contribution in [0.2, 0.25) is 0 Å². The largest absolute Gasteiger partial charge is 0.467 e. The SMILES string of the molecule is CCCCCOC(=O)N[C@@H](CC(C)C)C(=O)NC(C)(CC1CCNC1=O)C(=O)OC. The lowest BCUT2D eigenvalue weighted by Gasteiger charge is -2.32. The molecule has 1 aliphatic heterocycles. The highest BCUT2D eigenvalue weighted by atomic mass is 16.5. The number of unbranched alkanes of at least 4 members (excludes halogenated alkanes) is 2. The van der Waals surface area contributed by atoms with Gasteiger partial charge in [0, 0.05) is 12.5 Å². The van der Waals surface area contributed by atoms with Crippen molar-refractivity contribution in [1.29, 1.82) is 0 Å². The monoisotopic (exact) mass is 427 g/mol. The lowest BCUT2D eigenvalue weighted by molar-refractivity contribution is -0.151. The predicted molar refractivity (Wildman–Crippen MR) is 112 cm³/mol. The third-order valence-corrected chi connectivity index (χ3v) is 5.15. The minimum absolute atomic E-state index is 0.117. The van der Waals surface area contributed by atoms with Gasteiger partial charge in [-0.1, -0.05) is 33.6 Å². The number of hydrogen-bond donors (Lipinski definition) is 3. The first-order valence-electron chi connectivity index (χ1n) is 10.7. The Bertz CT molecular complexity index is 610. The van der Waals surface area contributed by atoms with Crippen LogP contribution in [0, 0.1) is 11.8 Å². The Hall–Kier alpha value is -2.32. The van der Waals surface area contributed by atoms with Crippen LogP contribution in [0.3, 0.4) is 0 Å². The lowest BCUT2D eigenvalue weighted by Crippen LogP contribution is -2.59. The lowest BCUT2D eigenvalue weighted by atomic mass is 9.87. The number of ether oxygens (including phenoxy) is 2. The van der Waals surface area contributed by atoms with Gasteiger partial charge in [0.1, 0.15) is 11.6 Å². The van der Waals surface area contributed by atoms with Gasteiger partial charge in [-0.3, -0.25) is 9.59 Å². The highest BCUT2D eigenvalue weighted by molar-refractivity contribution is 5.92. The van der Waals surface area contributed by atoms with Crippen molar-refractivity contribution in [3.8, 4) is 0 Å². The highest BCUT2D eigenvalue weighted by Crippen LogP contribution is 2.24. The summed E-state index contributed by atoms with van der Waals surface area (Å²) in [6.45, 7) is 8.27. The first kappa shape index (κ1) is 25.7. The number of hydrogen-bond acceptors (Lipinski definition) is 6. The fourth-order valence-corrected chi connectivity index (χ4v) is 3.51. The summed E-state index contributed by atoms with van der Waals surface area (Å²) in [5.74, 6) is -1.58. The van der Waals surface area contributed by atoms with Crippen LogP contribution < -0.4 is 16.0 Å². The maximum atomic E-state index is 13.0. The van der Waals surface area contributed by atoms with Crippen molar-refractivity contribution >= 4 is 23.9 Å². The van der Waals surface area contributed by atoms with E-state index in [1.54, 1.807) is 0 Å². The summed E-state index contributed by atoms with van der Waals surface area (Å²) in [4.78, 5) is 49.5. The molecule has 9 nitrogen and oxygen atoms in total. The average molecular weight is 428 g/mol. The molecule has 0 radical (unpaired) electrons. The molecule has 0 aromatic carbocycles. The quantitative estimate of drug-likeness (QED) is 0.323. The standard InChI is InChI=1S/C21H37N3O6/c1-6-7-8-11-30-20(28)23-16(12-14(2)3)18(26)24-21(4,19(27)29-5)13-15-9-10-22-17(15)25/h14-16H,6-13H2,1-5H3,(H,22,25)(H,23,28)(H,24,26)/t15?,16-,21?/m0/s1. The Kier molecular flexibility index (Phi) is 10.6. The molecule has 3 amide bonds. The summed E-state index contributed by atoms with van der Waals surface area (Å²) in [7, 11) is 1.24. The third kappa shape index (κ3) is 8.20. The van der Waals surface area contributed by atoms with E-state index < -0.39 is 35.5 Å². The van der Waals surface area contributed by atoms with E-state index >= 15 is 0 Å². The van der Waals surface area contributed by atoms with Crippen LogP contribution in [0.15, 0.2) is 0 Å². The van der Waals surface area contributed by atoms with Crippen molar-refractivity contribution in [3.63, 3.8) is 0 Å². The van der Waals surface area contributed by atoms with E-state index in [-0.39, 0.29) is 24.9 Å². The Labute approximate surface area is 179 Å². The zero-order chi connectivity index (χ0) is 22.7. The summed E-state index contributed by atoms with van der Waals surface area (Å²) in [6.07, 6.45) is 3.13. The highest BCUT2D eigenvalue weighted by Gasteiger charge is 2.42. The molecule has 9 heteroatoms. The third-order valence-electron chi connectivity index (χ3n) is 5.15. The maximum absolute atomic E-state index is 13.0. The number of alkyl carbamates (subject to hydrolysis) is 1. The van der Waals surface area contributed by atoms with Crippen molar-refractivity contribution in [3.05, 3.63) is 0 Å². The van der Waals surface area contributed by atoms with E-state index in [9.17, 15) is 19.2 Å². The van der Waals surface area contributed by atoms with Crippen molar-refractivity contribution in [2.24, 2.45) is 11.8 Å². The fraction of sp³-hybridized carbons (Fsp3) is 0.810. The smallest absolute Gasteiger partial charge is 0.407 e. The van der Waals surface area contributed by atoms with Crippen LogP contribution in [-0.2, 0) is 23.9 Å². The van der Waals surface area contributed by atoms with E-state index in [4.69, 9.17) is 9.47 Å². The van der Waals surface area contributed by atoms with Gasteiger partial charge in [-0.2, -0.15) is 0 Å². The Balaban J connectivity index is 2.84. The van der Waals surface area contributed by atoms with Gasteiger partial charge >= 0.3 is 12.1 Å². The van der Waals surface area contributed by atoms with Crippen LogP contribution in [0.5, 0.6) is 0 Å². The zero-order valence-electron chi connectivity index (χ0n) is 18.8. The molecule has 3 atom stereocenters. The maximum Gasteiger partial charge on any atom is 0.407 e. The van der Waals surface area contributed by atoms with E-state index in [1.807, 2.05) is 13.8 Å². The molecule has 0 aromatic heterocycles. The molecule has 1 fully saturated rings. The van der Waals surface area contributed by atoms with Gasteiger partial charge < -0.3 is 25.4 Å². The normalized spacial score (nSPS) is 18.9. The summed E-state index contributed by atoms with van der Waals surface area (Å²) in [6, 6.07) is -0.870. The van der Waals surface area contributed by atoms with Gasteiger partial charge in [0.2, 0.25) is 11.8 Å². The molecule has 1 saturated heterocycles. The molecular formula is C21H37N3O6. The van der Waals surface area contributed by atoms with E-state index in [0.717, 1.165) is 19.3 Å². The van der Waals surface area contributed by atoms with E-state index in [1.165, 1.54) is 14.0 Å². The Morgan fingerprint density at radius 2 is 1.97 bits per heavy atom. The fourth-order valence-electron chi connectivity index (χ4n) is 3.51. The summed E-state index contributed by atoms with van der Waals surface area (Å²) in [5.41, 5.74) is -1.39. The first-order valence-corrected chi connectivity index (χ1v) is 10.7. The molecule has 0 bridgehead atoms. The first-order chi connectivity index (χ1) is 14.1. The molecule has 1 rings (SSSR count). The van der Waals surface area contributed by atoms with Gasteiger partial charge in [0.25, 0.3) is 0 Å². The average Bonchev–Trinajstić information content (AvgIpc) is 3.07. The molecule has 3 N–H and O–H groups in total. The number of carbonyl (C=O) groups is 4. The number of rotatable bonds is 12. The number of amides is 3. The van der Waals surface area contributed by atoms with Gasteiger partial charge in [0.15, 0.2) is 0 Å². The molecule has 0 aliphatic carbocycles. The number of methoxy groups -OCH3 is 1. The van der Waals surface area contributed by atoms with Gasteiger partial charge in [-0.05, 0) is 38.5 Å². The Morgan fingerprint density at radius 3 is 2.50 bits per heavy atom. The predicted octanol–water partition coefficient (Wildman–Crippen LogP) is 1.89. The molecule has 172 valence electrons. The second-order valence-corrected chi connectivity index (χ2v) is 8.46. The van der Waals surface area contributed by atoms with Crippen LogP contribution in [0.25, 0.3) is 0 Å². The molecule has 0 aromatic rings. The topological polar surface area (TPSA) is 123 Å². The van der Waals surface area contributed by atoms with Crippen molar-refractivity contribution in [2.75, 3.05) is 20.3 Å². The number of carbonyl (C=O) groups excluding carboxylic acids is 4. The van der Waals surface area contributed by atoms with E-state index in [2.05, 4.69) is 22.9 Å². The summed E-state index contributed by atoms with van der Waals surface area (Å²) >= 11 is 0. The van der Waals surface area contributed by atoms with Crippen LogP contribution >= 0.6 is 0 Å². The molecule has 1 heterocycles. The van der Waals surface area contributed by atoms with E-state index in [0.29, 0.717) is 19.4 Å². The van der Waals surface area contributed by atoms with Crippen molar-refractivity contribution < 1.29 is 28.7 Å². The Morgan fingerprint density at radius 1 is 1.27 bits per heavy atom. The van der Waals surface area contributed by atoms with Crippen LogP contribution in [0.4, 0.5) is 4.79 Å². The van der Waals surface area contributed by atoms with Crippen molar-refractivity contribution in [2.45, 2.75) is 77.8 Å². The van der Waals surface area contributed by atoms with Crippen LogP contribution in [0.1, 0.15) is 66.2 Å². The zero-order valence-corrected chi connectivity index (χ0v) is 18.8. The van der Waals surface area contributed by atoms with Gasteiger partial charge in [0.05, 0.1) is 13.7 Å². The summed E-state index contributed by atoms with van der Waals surface area (Å²) in [5, 5.41) is 8.05. The van der Waals surface area contributed by atoms with Crippen molar-refractivity contribution in [1.82, 2.24) is 16.0 Å². The second-order valence-electron chi connectivity index (χ2n) is 8.46. The number of esters is 1. The summed E-state index contributed by atoms with van der Waals surface area (Å²) < 4.78 is 10.0. The molecule has 2 unspecified atom stereocenters. The molecule has 0 spiro atoms. The van der Waals surface area contributed by atoms with Crippen LogP contribution in [-0.4, -0.2) is 55.7 Å². The number of nitrogens with one attached hydrogen (secondary N) is 3. The second kappa shape index (κ2) is 12.4. The molecule has 1 aliphatic rings. The van der Waals surface area contributed by atoms with Gasteiger partial charge in [-0.25, -0.2) is 9.59 Å². The molecule has 0 saturated carbocycles. The molecule has 30 heavy (non-hydrogen) atoms. The minimum atomic E-state index is -1.39. The molecular weight excluding hydrogens is 390 g/mol. The minimum Gasteiger partial charge on any atom is -0.467 e. The van der Waals surface area contributed by atoms with Gasteiger partial charge in [-0.15, -0.1) is 0 Å².